The number of hydrogen-bond acceptors (Lipinski definition) is 2. The second kappa shape index (κ2) is 5.83. The number of benzene rings is 2. The summed E-state index contributed by atoms with van der Waals surface area (Å²) in [6, 6.07) is 14.6. The lowest BCUT2D eigenvalue weighted by molar-refractivity contribution is 0.0734. The van der Waals surface area contributed by atoms with Crippen molar-refractivity contribution < 1.29 is 9.53 Å². The summed E-state index contributed by atoms with van der Waals surface area (Å²) in [5.41, 5.74) is 1.76. The van der Waals surface area contributed by atoms with E-state index in [9.17, 15) is 4.79 Å². The molecule has 0 heterocycles. The lowest BCUT2D eigenvalue weighted by atomic mass is 10.2. The van der Waals surface area contributed by atoms with Gasteiger partial charge < -0.3 is 4.74 Å². The predicted molar refractivity (Wildman–Crippen MR) is 74.9 cm³/mol. The maximum atomic E-state index is 11.8. The number of rotatable bonds is 3. The summed E-state index contributed by atoms with van der Waals surface area (Å²) in [5, 5.41) is 0. The first kappa shape index (κ1) is 12.8. The SMILES string of the molecule is CCc1ccc(OC(=O)c2ccc(Br)cc2)cc1. The molecule has 0 amide bonds. The number of esters is 1. The van der Waals surface area contributed by atoms with E-state index in [4.69, 9.17) is 4.74 Å². The van der Waals surface area contributed by atoms with Crippen molar-refractivity contribution in [3.63, 3.8) is 0 Å². The van der Waals surface area contributed by atoms with Gasteiger partial charge in [-0.15, -0.1) is 0 Å². The fourth-order valence-corrected chi connectivity index (χ4v) is 1.81. The summed E-state index contributed by atoms with van der Waals surface area (Å²) in [6.07, 6.45) is 0.973. The van der Waals surface area contributed by atoms with E-state index in [1.165, 1.54) is 5.56 Å². The molecule has 0 aliphatic carbocycles. The van der Waals surface area contributed by atoms with E-state index in [-0.39, 0.29) is 5.97 Å². The van der Waals surface area contributed by atoms with Crippen LogP contribution in [-0.4, -0.2) is 5.97 Å². The summed E-state index contributed by atoms with van der Waals surface area (Å²) in [5.74, 6) is 0.229. The average Bonchev–Trinajstić information content (AvgIpc) is 2.40. The van der Waals surface area contributed by atoms with Crippen molar-refractivity contribution in [1.82, 2.24) is 0 Å². The van der Waals surface area contributed by atoms with Gasteiger partial charge in [0.15, 0.2) is 0 Å². The monoisotopic (exact) mass is 304 g/mol. The molecule has 0 saturated carbocycles. The van der Waals surface area contributed by atoms with E-state index >= 15 is 0 Å². The third-order valence-electron chi connectivity index (χ3n) is 2.62. The van der Waals surface area contributed by atoms with Gasteiger partial charge >= 0.3 is 5.97 Å². The van der Waals surface area contributed by atoms with E-state index in [1.54, 1.807) is 12.1 Å². The fourth-order valence-electron chi connectivity index (χ4n) is 1.55. The zero-order valence-electron chi connectivity index (χ0n) is 10.0. The second-order valence-electron chi connectivity index (χ2n) is 3.89. The van der Waals surface area contributed by atoms with Crippen LogP contribution in [0.5, 0.6) is 5.75 Å². The normalized spacial score (nSPS) is 10.1. The van der Waals surface area contributed by atoms with Crippen molar-refractivity contribution in [2.45, 2.75) is 13.3 Å². The number of ether oxygens (including phenoxy) is 1. The third-order valence-corrected chi connectivity index (χ3v) is 3.15. The van der Waals surface area contributed by atoms with Crippen LogP contribution in [-0.2, 0) is 6.42 Å². The minimum atomic E-state index is -0.341. The first-order valence-electron chi connectivity index (χ1n) is 5.75. The molecule has 2 nitrogen and oxygen atoms in total. The van der Waals surface area contributed by atoms with E-state index in [0.717, 1.165) is 10.9 Å². The van der Waals surface area contributed by atoms with Gasteiger partial charge in [0, 0.05) is 4.47 Å². The van der Waals surface area contributed by atoms with Crippen LogP contribution in [0, 0.1) is 0 Å². The lowest BCUT2D eigenvalue weighted by Crippen LogP contribution is -2.08. The van der Waals surface area contributed by atoms with Crippen LogP contribution >= 0.6 is 15.9 Å². The van der Waals surface area contributed by atoms with Gasteiger partial charge in [-0.1, -0.05) is 35.0 Å². The molecule has 0 atom stereocenters. The van der Waals surface area contributed by atoms with Gasteiger partial charge in [0.25, 0.3) is 0 Å². The minimum absolute atomic E-state index is 0.341. The van der Waals surface area contributed by atoms with Crippen LogP contribution in [0.15, 0.2) is 53.0 Å². The van der Waals surface area contributed by atoms with Crippen LogP contribution in [0.25, 0.3) is 0 Å². The summed E-state index contributed by atoms with van der Waals surface area (Å²) in [6.45, 7) is 2.09. The molecule has 2 aromatic rings. The average molecular weight is 305 g/mol. The molecule has 0 aromatic heterocycles. The first-order valence-corrected chi connectivity index (χ1v) is 6.55. The smallest absolute Gasteiger partial charge is 0.343 e. The third kappa shape index (κ3) is 3.20. The molecule has 0 saturated heterocycles. The molecular formula is C15H13BrO2. The quantitative estimate of drug-likeness (QED) is 0.626. The highest BCUT2D eigenvalue weighted by Crippen LogP contribution is 2.16. The first-order chi connectivity index (χ1) is 8.69. The molecule has 2 rings (SSSR count). The highest BCUT2D eigenvalue weighted by molar-refractivity contribution is 9.10. The largest absolute Gasteiger partial charge is 0.423 e. The second-order valence-corrected chi connectivity index (χ2v) is 4.81. The highest BCUT2D eigenvalue weighted by atomic mass is 79.9. The lowest BCUT2D eigenvalue weighted by Gasteiger charge is -2.05. The van der Waals surface area contributed by atoms with Gasteiger partial charge in [0.2, 0.25) is 0 Å². The maximum Gasteiger partial charge on any atom is 0.343 e. The number of halogens is 1. The highest BCUT2D eigenvalue weighted by Gasteiger charge is 2.07. The molecule has 0 radical (unpaired) electrons. The van der Waals surface area contributed by atoms with Gasteiger partial charge in [0.1, 0.15) is 5.75 Å². The van der Waals surface area contributed by atoms with Gasteiger partial charge in [-0.05, 0) is 48.4 Å². The molecule has 0 bridgehead atoms. The Hall–Kier alpha value is -1.61. The molecule has 3 heteroatoms. The Morgan fingerprint density at radius 2 is 1.67 bits per heavy atom. The van der Waals surface area contributed by atoms with Crippen LogP contribution in [0.4, 0.5) is 0 Å². The number of aryl methyl sites for hydroxylation is 1. The van der Waals surface area contributed by atoms with Crippen LogP contribution in [0.2, 0.25) is 0 Å². The maximum absolute atomic E-state index is 11.8. The zero-order chi connectivity index (χ0) is 13.0. The Kier molecular flexibility index (Phi) is 4.15. The number of carbonyl (C=O) groups is 1. The summed E-state index contributed by atoms with van der Waals surface area (Å²) >= 11 is 3.33. The summed E-state index contributed by atoms with van der Waals surface area (Å²) in [4.78, 5) is 11.8. The fraction of sp³-hybridized carbons (Fsp3) is 0.133. The summed E-state index contributed by atoms with van der Waals surface area (Å²) < 4.78 is 6.22. The van der Waals surface area contributed by atoms with Gasteiger partial charge in [-0.3, -0.25) is 0 Å². The molecular weight excluding hydrogens is 292 g/mol. The molecule has 18 heavy (non-hydrogen) atoms. The van der Waals surface area contributed by atoms with Gasteiger partial charge in [0.05, 0.1) is 5.56 Å². The molecule has 0 N–H and O–H groups in total. The molecule has 0 unspecified atom stereocenters. The standard InChI is InChI=1S/C15H13BrO2/c1-2-11-3-9-14(10-4-11)18-15(17)12-5-7-13(16)8-6-12/h3-10H,2H2,1H3. The summed E-state index contributed by atoms with van der Waals surface area (Å²) in [7, 11) is 0. The van der Waals surface area contributed by atoms with Crippen LogP contribution in [0.1, 0.15) is 22.8 Å². The van der Waals surface area contributed by atoms with Crippen molar-refractivity contribution in [1.29, 1.82) is 0 Å². The van der Waals surface area contributed by atoms with E-state index in [0.29, 0.717) is 11.3 Å². The molecule has 0 aliphatic heterocycles. The van der Waals surface area contributed by atoms with Crippen molar-refractivity contribution >= 4 is 21.9 Å². The zero-order valence-corrected chi connectivity index (χ0v) is 11.6. The van der Waals surface area contributed by atoms with Crippen LogP contribution < -0.4 is 4.74 Å². The van der Waals surface area contributed by atoms with Crippen molar-refractivity contribution in [3.8, 4) is 5.75 Å². The van der Waals surface area contributed by atoms with Gasteiger partial charge in [-0.25, -0.2) is 4.79 Å². The number of carbonyl (C=O) groups excluding carboxylic acids is 1. The Labute approximate surface area is 115 Å². The van der Waals surface area contributed by atoms with Crippen LogP contribution in [0.3, 0.4) is 0 Å². The Morgan fingerprint density at radius 1 is 1.06 bits per heavy atom. The van der Waals surface area contributed by atoms with E-state index in [1.807, 2.05) is 36.4 Å². The van der Waals surface area contributed by atoms with E-state index in [2.05, 4.69) is 22.9 Å². The number of hydrogen-bond donors (Lipinski definition) is 0. The molecule has 2 aromatic carbocycles. The van der Waals surface area contributed by atoms with Crippen molar-refractivity contribution in [2.24, 2.45) is 0 Å². The Bertz CT molecular complexity index is 529. The molecule has 92 valence electrons. The molecule has 0 fully saturated rings. The Morgan fingerprint density at radius 3 is 2.22 bits per heavy atom. The molecule has 0 aliphatic rings. The van der Waals surface area contributed by atoms with Crippen molar-refractivity contribution in [3.05, 3.63) is 64.1 Å². The topological polar surface area (TPSA) is 26.3 Å². The minimum Gasteiger partial charge on any atom is -0.423 e. The van der Waals surface area contributed by atoms with Crippen molar-refractivity contribution in [2.75, 3.05) is 0 Å². The van der Waals surface area contributed by atoms with E-state index < -0.39 is 0 Å². The Balaban J connectivity index is 2.08. The van der Waals surface area contributed by atoms with Gasteiger partial charge in [-0.2, -0.15) is 0 Å². The molecule has 0 spiro atoms. The predicted octanol–water partition coefficient (Wildman–Crippen LogP) is 4.23.